The third-order valence-corrected chi connectivity index (χ3v) is 2.45. The van der Waals surface area contributed by atoms with E-state index in [1.165, 1.54) is 6.08 Å². The second-order valence-corrected chi connectivity index (χ2v) is 4.38. The summed E-state index contributed by atoms with van der Waals surface area (Å²) in [6.07, 6.45) is 4.03. The van der Waals surface area contributed by atoms with Crippen LogP contribution in [0, 0.1) is 0 Å². The Kier molecular flexibility index (Phi) is 5.73. The molecule has 17 heavy (non-hydrogen) atoms. The normalized spacial score (nSPS) is 12.6. The van der Waals surface area contributed by atoms with E-state index in [1.54, 1.807) is 18.2 Å². The first-order chi connectivity index (χ1) is 8.08. The molecule has 0 bridgehead atoms. The Hall–Kier alpha value is -1.32. The van der Waals surface area contributed by atoms with E-state index in [1.807, 2.05) is 19.1 Å². The Morgan fingerprint density at radius 2 is 2.12 bits per heavy atom. The zero-order chi connectivity index (χ0) is 12.7. The number of hydrogen-bond donors (Lipinski definition) is 2. The fraction of sp³-hybridized carbons (Fsp3) is 0.308. The number of hydrogen-bond acceptors (Lipinski definition) is 2. The number of nitrogens with one attached hydrogen (secondary N) is 1. The predicted molar refractivity (Wildman–Crippen MR) is 71.8 cm³/mol. The Labute approximate surface area is 107 Å². The van der Waals surface area contributed by atoms with Crippen LogP contribution >= 0.6 is 11.6 Å². The van der Waals surface area contributed by atoms with E-state index < -0.39 is 0 Å². The van der Waals surface area contributed by atoms with Crippen molar-refractivity contribution in [3.63, 3.8) is 0 Å². The molecule has 0 heterocycles. The van der Waals surface area contributed by atoms with Crippen LogP contribution in [0.15, 0.2) is 30.3 Å². The molecule has 1 unspecified atom stereocenters. The van der Waals surface area contributed by atoms with Gasteiger partial charge in [0.2, 0.25) is 5.91 Å². The van der Waals surface area contributed by atoms with Crippen molar-refractivity contribution in [1.29, 1.82) is 0 Å². The number of nitrogens with two attached hydrogens (primary N) is 1. The number of carbonyl (C=O) groups is 1. The summed E-state index contributed by atoms with van der Waals surface area (Å²) >= 11 is 5.76. The van der Waals surface area contributed by atoms with Crippen LogP contribution in [0.25, 0.3) is 6.08 Å². The average molecular weight is 253 g/mol. The Bertz CT molecular complexity index is 385. The van der Waals surface area contributed by atoms with Crippen LogP contribution in [0.4, 0.5) is 0 Å². The van der Waals surface area contributed by atoms with Crippen LogP contribution < -0.4 is 11.1 Å². The maximum absolute atomic E-state index is 11.4. The maximum Gasteiger partial charge on any atom is 0.243 e. The summed E-state index contributed by atoms with van der Waals surface area (Å²) < 4.78 is 0. The fourth-order valence-corrected chi connectivity index (χ4v) is 1.35. The molecule has 0 radical (unpaired) electrons. The highest BCUT2D eigenvalue weighted by molar-refractivity contribution is 6.30. The van der Waals surface area contributed by atoms with E-state index in [4.69, 9.17) is 17.3 Å². The largest absolute Gasteiger partial charge is 0.352 e. The van der Waals surface area contributed by atoms with Gasteiger partial charge in [-0.2, -0.15) is 0 Å². The molecular formula is C13H17ClN2O. The van der Waals surface area contributed by atoms with Crippen molar-refractivity contribution >= 4 is 23.6 Å². The van der Waals surface area contributed by atoms with Crippen LogP contribution in [0.1, 0.15) is 18.9 Å². The predicted octanol–water partition coefficient (Wildman–Crippen LogP) is 2.21. The fourth-order valence-electron chi connectivity index (χ4n) is 1.23. The molecule has 1 aromatic carbocycles. The molecule has 92 valence electrons. The topological polar surface area (TPSA) is 55.1 Å². The lowest BCUT2D eigenvalue weighted by molar-refractivity contribution is -0.116. The third kappa shape index (κ3) is 6.09. The van der Waals surface area contributed by atoms with Crippen LogP contribution in [0.5, 0.6) is 0 Å². The molecule has 1 aromatic rings. The van der Waals surface area contributed by atoms with Crippen molar-refractivity contribution in [2.24, 2.45) is 5.73 Å². The van der Waals surface area contributed by atoms with Gasteiger partial charge in [0, 0.05) is 23.7 Å². The van der Waals surface area contributed by atoms with Crippen molar-refractivity contribution in [3.05, 3.63) is 40.9 Å². The van der Waals surface area contributed by atoms with Crippen molar-refractivity contribution in [3.8, 4) is 0 Å². The molecule has 4 heteroatoms. The zero-order valence-electron chi connectivity index (χ0n) is 9.82. The van der Waals surface area contributed by atoms with E-state index in [-0.39, 0.29) is 11.9 Å². The molecule has 0 saturated carbocycles. The summed E-state index contributed by atoms with van der Waals surface area (Å²) in [4.78, 5) is 11.4. The highest BCUT2D eigenvalue weighted by Gasteiger charge is 1.97. The average Bonchev–Trinajstić information content (AvgIpc) is 2.28. The SMILES string of the molecule is CC(N)CCNC(=O)C=Cc1ccc(Cl)cc1. The Balaban J connectivity index is 2.37. The van der Waals surface area contributed by atoms with Crippen LogP contribution in [0.3, 0.4) is 0 Å². The lowest BCUT2D eigenvalue weighted by Gasteiger charge is -2.04. The lowest BCUT2D eigenvalue weighted by Crippen LogP contribution is -2.27. The lowest BCUT2D eigenvalue weighted by atomic mass is 10.2. The monoisotopic (exact) mass is 252 g/mol. The van der Waals surface area contributed by atoms with Gasteiger partial charge in [0.25, 0.3) is 0 Å². The first kappa shape index (κ1) is 13.7. The van der Waals surface area contributed by atoms with Crippen molar-refractivity contribution in [2.45, 2.75) is 19.4 Å². The van der Waals surface area contributed by atoms with Gasteiger partial charge >= 0.3 is 0 Å². The van der Waals surface area contributed by atoms with Gasteiger partial charge in [-0.1, -0.05) is 23.7 Å². The standard InChI is InChI=1S/C13H17ClN2O/c1-10(15)8-9-16-13(17)7-4-11-2-5-12(14)6-3-11/h2-7,10H,8-9,15H2,1H3,(H,16,17). The van der Waals surface area contributed by atoms with E-state index in [9.17, 15) is 4.79 Å². The molecule has 1 amide bonds. The summed E-state index contributed by atoms with van der Waals surface area (Å²) in [5.41, 5.74) is 6.52. The molecule has 1 atom stereocenters. The van der Waals surface area contributed by atoms with Gasteiger partial charge in [-0.3, -0.25) is 4.79 Å². The smallest absolute Gasteiger partial charge is 0.243 e. The number of rotatable bonds is 5. The minimum Gasteiger partial charge on any atom is -0.352 e. The Morgan fingerprint density at radius 3 is 2.71 bits per heavy atom. The number of amides is 1. The van der Waals surface area contributed by atoms with E-state index in [0.717, 1.165) is 12.0 Å². The van der Waals surface area contributed by atoms with E-state index in [0.29, 0.717) is 11.6 Å². The first-order valence-corrected chi connectivity index (χ1v) is 5.93. The van der Waals surface area contributed by atoms with Gasteiger partial charge in [-0.15, -0.1) is 0 Å². The molecule has 1 rings (SSSR count). The van der Waals surface area contributed by atoms with Crippen molar-refractivity contribution < 1.29 is 4.79 Å². The van der Waals surface area contributed by atoms with Crippen molar-refractivity contribution in [1.82, 2.24) is 5.32 Å². The second kappa shape index (κ2) is 7.09. The third-order valence-electron chi connectivity index (χ3n) is 2.20. The molecule has 0 aliphatic rings. The molecule has 0 spiro atoms. The molecule has 0 saturated heterocycles. The second-order valence-electron chi connectivity index (χ2n) is 3.94. The summed E-state index contributed by atoms with van der Waals surface area (Å²) in [7, 11) is 0. The first-order valence-electron chi connectivity index (χ1n) is 5.55. The minimum atomic E-state index is -0.111. The number of halogens is 1. The molecule has 3 N–H and O–H groups in total. The molecule has 0 fully saturated rings. The zero-order valence-corrected chi connectivity index (χ0v) is 10.6. The summed E-state index contributed by atoms with van der Waals surface area (Å²) in [6.45, 7) is 2.51. The molecule has 0 aromatic heterocycles. The van der Waals surface area contributed by atoms with Gasteiger partial charge in [0.1, 0.15) is 0 Å². The van der Waals surface area contributed by atoms with Crippen LogP contribution in [-0.2, 0) is 4.79 Å². The minimum absolute atomic E-state index is 0.107. The van der Waals surface area contributed by atoms with Crippen molar-refractivity contribution in [2.75, 3.05) is 6.54 Å². The molecule has 3 nitrogen and oxygen atoms in total. The molecule has 0 aliphatic carbocycles. The summed E-state index contributed by atoms with van der Waals surface area (Å²) in [6, 6.07) is 7.39. The number of carbonyl (C=O) groups excluding carboxylic acids is 1. The number of benzene rings is 1. The van der Waals surface area contributed by atoms with Crippen LogP contribution in [-0.4, -0.2) is 18.5 Å². The van der Waals surface area contributed by atoms with Gasteiger partial charge in [0.15, 0.2) is 0 Å². The van der Waals surface area contributed by atoms with E-state index in [2.05, 4.69) is 5.32 Å². The van der Waals surface area contributed by atoms with E-state index >= 15 is 0 Å². The molecular weight excluding hydrogens is 236 g/mol. The maximum atomic E-state index is 11.4. The highest BCUT2D eigenvalue weighted by atomic mass is 35.5. The Morgan fingerprint density at radius 1 is 1.47 bits per heavy atom. The molecule has 0 aliphatic heterocycles. The highest BCUT2D eigenvalue weighted by Crippen LogP contribution is 2.10. The van der Waals surface area contributed by atoms with Gasteiger partial charge in [-0.05, 0) is 37.1 Å². The van der Waals surface area contributed by atoms with Gasteiger partial charge in [0.05, 0.1) is 0 Å². The summed E-state index contributed by atoms with van der Waals surface area (Å²) in [5.74, 6) is -0.111. The quantitative estimate of drug-likeness (QED) is 0.790. The van der Waals surface area contributed by atoms with Crippen LogP contribution in [0.2, 0.25) is 5.02 Å². The van der Waals surface area contributed by atoms with Gasteiger partial charge < -0.3 is 11.1 Å². The summed E-state index contributed by atoms with van der Waals surface area (Å²) in [5, 5.41) is 3.45. The van der Waals surface area contributed by atoms with Gasteiger partial charge in [-0.25, -0.2) is 0 Å².